The molecule has 1 unspecified atom stereocenters. The Hall–Kier alpha value is -1.29. The van der Waals surface area contributed by atoms with Gasteiger partial charge in [0.25, 0.3) is 0 Å². The zero-order valence-corrected chi connectivity index (χ0v) is 13.0. The molecule has 0 amide bonds. The number of nitrogens with zero attached hydrogens (tertiary/aromatic N) is 1. The average molecular weight is 330 g/mol. The van der Waals surface area contributed by atoms with Crippen molar-refractivity contribution < 1.29 is 13.1 Å². The Balaban J connectivity index is 1.77. The van der Waals surface area contributed by atoms with Gasteiger partial charge in [0.05, 0.1) is 36.6 Å². The molecule has 1 heterocycles. The number of unbranched alkanes of at least 4 members (excludes halogenated alkanes) is 2. The van der Waals surface area contributed by atoms with Gasteiger partial charge in [-0.1, -0.05) is 6.07 Å². The van der Waals surface area contributed by atoms with Gasteiger partial charge in [0.2, 0.25) is 11.3 Å². The maximum atomic E-state index is 10.5. The second-order valence-corrected chi connectivity index (χ2v) is 5.67. The van der Waals surface area contributed by atoms with Gasteiger partial charge in [0.15, 0.2) is 0 Å². The number of fused-ring (bicyclic) bond motifs is 1. The van der Waals surface area contributed by atoms with Crippen molar-refractivity contribution in [1.82, 2.24) is 0 Å². The van der Waals surface area contributed by atoms with E-state index in [4.69, 9.17) is 19.8 Å². The highest BCUT2D eigenvalue weighted by atomic mass is 32.2. The Morgan fingerprint density at radius 3 is 2.90 bits per heavy atom. The molecule has 1 aromatic carbocycles. The van der Waals surface area contributed by atoms with Crippen molar-refractivity contribution in [3.05, 3.63) is 23.8 Å². The van der Waals surface area contributed by atoms with Crippen molar-refractivity contribution in [3.63, 3.8) is 0 Å². The van der Waals surface area contributed by atoms with Crippen LogP contribution >= 0.6 is 12.1 Å². The van der Waals surface area contributed by atoms with Gasteiger partial charge >= 0.3 is 0 Å². The topological polar surface area (TPSA) is 112 Å². The van der Waals surface area contributed by atoms with E-state index in [1.54, 1.807) is 0 Å². The quantitative estimate of drug-likeness (QED) is 0.492. The van der Waals surface area contributed by atoms with Crippen molar-refractivity contribution in [2.45, 2.75) is 19.3 Å². The molecule has 0 bridgehead atoms. The lowest BCUT2D eigenvalue weighted by molar-refractivity contribution is 0.289. The maximum absolute atomic E-state index is 10.5. The zero-order valence-electron chi connectivity index (χ0n) is 11.4. The predicted molar refractivity (Wildman–Crippen MR) is 86.0 cm³/mol. The van der Waals surface area contributed by atoms with Gasteiger partial charge in [-0.15, -0.1) is 0 Å². The summed E-state index contributed by atoms with van der Waals surface area (Å²) in [6, 6.07) is 5.71. The number of nitrogens with one attached hydrogen (secondary N) is 1. The molecule has 21 heavy (non-hydrogen) atoms. The summed E-state index contributed by atoms with van der Waals surface area (Å²) < 4.78 is 28.2. The molecule has 1 aromatic rings. The Morgan fingerprint density at radius 2 is 2.10 bits per heavy atom. The Kier molecular flexibility index (Phi) is 6.30. The summed E-state index contributed by atoms with van der Waals surface area (Å²) in [4.78, 5) is 0. The van der Waals surface area contributed by atoms with Crippen LogP contribution in [-0.2, 0) is 15.4 Å². The van der Waals surface area contributed by atoms with Gasteiger partial charge in [-0.25, -0.2) is 9.35 Å². The molecule has 1 atom stereocenters. The molecule has 0 saturated heterocycles. The molecule has 2 rings (SSSR count). The molecule has 7 nitrogen and oxygen atoms in total. The number of hydrogen-bond donors (Lipinski definition) is 3. The van der Waals surface area contributed by atoms with Crippen LogP contribution in [0.3, 0.4) is 0 Å². The smallest absolute Gasteiger partial charge is 0.231 e. The maximum Gasteiger partial charge on any atom is 0.231 e. The fourth-order valence-electron chi connectivity index (χ4n) is 1.87. The molecule has 9 heteroatoms. The van der Waals surface area contributed by atoms with Gasteiger partial charge in [-0.2, -0.15) is 4.40 Å². The molecule has 0 radical (unpaired) electrons. The molecule has 1 aliphatic rings. The summed E-state index contributed by atoms with van der Waals surface area (Å²) in [6.07, 6.45) is 2.56. The SMILES string of the molecule is NC1=NSNc2cccc(OCCCCCOS(N)=O)c21. The van der Waals surface area contributed by atoms with Gasteiger partial charge in [-0.3, -0.25) is 4.18 Å². The highest BCUT2D eigenvalue weighted by Gasteiger charge is 2.17. The molecule has 116 valence electrons. The summed E-state index contributed by atoms with van der Waals surface area (Å²) in [7, 11) is 0. The number of hydrogen-bond acceptors (Lipinski definition) is 7. The van der Waals surface area contributed by atoms with Crippen LogP contribution < -0.4 is 20.3 Å². The molecule has 0 spiro atoms. The summed E-state index contributed by atoms with van der Waals surface area (Å²) in [6.45, 7) is 0.965. The van der Waals surface area contributed by atoms with E-state index in [0.29, 0.717) is 19.0 Å². The molecule has 0 fully saturated rings. The van der Waals surface area contributed by atoms with Crippen molar-refractivity contribution in [2.24, 2.45) is 15.3 Å². The minimum Gasteiger partial charge on any atom is -0.493 e. The van der Waals surface area contributed by atoms with Crippen LogP contribution in [0.15, 0.2) is 22.6 Å². The summed E-state index contributed by atoms with van der Waals surface area (Å²) in [5, 5.41) is 4.98. The summed E-state index contributed by atoms with van der Waals surface area (Å²) in [5.41, 5.74) is 7.61. The van der Waals surface area contributed by atoms with Crippen molar-refractivity contribution in [2.75, 3.05) is 17.9 Å². The van der Waals surface area contributed by atoms with E-state index < -0.39 is 11.3 Å². The fraction of sp³-hybridized carbons (Fsp3) is 0.417. The van der Waals surface area contributed by atoms with Crippen LogP contribution in [0, 0.1) is 0 Å². The number of amidine groups is 1. The van der Waals surface area contributed by atoms with Crippen molar-refractivity contribution in [1.29, 1.82) is 0 Å². The van der Waals surface area contributed by atoms with Gasteiger partial charge in [0, 0.05) is 0 Å². The summed E-state index contributed by atoms with van der Waals surface area (Å²) >= 11 is -0.473. The minimum absolute atomic E-state index is 0.393. The Labute approximate surface area is 130 Å². The number of ether oxygens (including phenoxy) is 1. The van der Waals surface area contributed by atoms with Crippen molar-refractivity contribution in [3.8, 4) is 5.75 Å². The number of rotatable bonds is 8. The first-order valence-corrected chi connectivity index (χ1v) is 8.40. The first-order valence-electron chi connectivity index (χ1n) is 6.49. The van der Waals surface area contributed by atoms with E-state index >= 15 is 0 Å². The number of anilines is 1. The lowest BCUT2D eigenvalue weighted by atomic mass is 10.1. The molecule has 0 aliphatic carbocycles. The lowest BCUT2D eigenvalue weighted by Gasteiger charge is -2.18. The third-order valence-corrected chi connectivity index (χ3v) is 3.83. The summed E-state index contributed by atoms with van der Waals surface area (Å²) in [5.74, 6) is 1.18. The van der Waals surface area contributed by atoms with E-state index in [0.717, 1.165) is 36.3 Å². The average Bonchev–Trinajstić information content (AvgIpc) is 2.46. The lowest BCUT2D eigenvalue weighted by Crippen LogP contribution is -2.19. The highest BCUT2D eigenvalue weighted by Crippen LogP contribution is 2.32. The molecule has 0 saturated carbocycles. The van der Waals surface area contributed by atoms with Crippen LogP contribution in [0.2, 0.25) is 0 Å². The normalized spacial score (nSPS) is 14.8. The second-order valence-electron chi connectivity index (χ2n) is 4.34. The predicted octanol–water partition coefficient (Wildman–Crippen LogP) is 1.48. The molecule has 0 aromatic heterocycles. The molecular weight excluding hydrogens is 312 g/mol. The van der Waals surface area contributed by atoms with Crippen LogP contribution in [0.4, 0.5) is 5.69 Å². The highest BCUT2D eigenvalue weighted by molar-refractivity contribution is 7.99. The van der Waals surface area contributed by atoms with E-state index in [9.17, 15) is 4.21 Å². The first-order chi connectivity index (χ1) is 10.2. The largest absolute Gasteiger partial charge is 0.493 e. The zero-order chi connectivity index (χ0) is 15.1. The Bertz CT molecular complexity index is 539. The van der Waals surface area contributed by atoms with Gasteiger partial charge in [-0.05, 0) is 31.4 Å². The third kappa shape index (κ3) is 4.88. The standard InChI is InChI=1S/C12H18N4O3S2/c13-12-11-9(15-20-16-12)5-4-6-10(11)18-7-2-1-3-8-19-21(14)17/h4-6,15H,1-3,7-8,14H2,(H2,13,16). The second kappa shape index (κ2) is 8.23. The Morgan fingerprint density at radius 1 is 1.29 bits per heavy atom. The molecular formula is C12H18N4O3S2. The van der Waals surface area contributed by atoms with Crippen LogP contribution in [-0.4, -0.2) is 23.3 Å². The van der Waals surface area contributed by atoms with Crippen molar-refractivity contribution >= 4 is 34.9 Å². The van der Waals surface area contributed by atoms with Crippen LogP contribution in [0.1, 0.15) is 24.8 Å². The molecule has 1 aliphatic heterocycles. The van der Waals surface area contributed by atoms with E-state index in [1.165, 1.54) is 12.1 Å². The van der Waals surface area contributed by atoms with E-state index in [2.05, 4.69) is 9.12 Å². The molecule has 5 N–H and O–H groups in total. The minimum atomic E-state index is -1.68. The van der Waals surface area contributed by atoms with Crippen LogP contribution in [0.5, 0.6) is 5.75 Å². The third-order valence-electron chi connectivity index (χ3n) is 2.83. The number of benzene rings is 1. The van der Waals surface area contributed by atoms with E-state index in [-0.39, 0.29) is 0 Å². The monoisotopic (exact) mass is 330 g/mol. The van der Waals surface area contributed by atoms with Gasteiger partial charge in [0.1, 0.15) is 11.6 Å². The fourth-order valence-corrected chi connectivity index (χ4v) is 2.66. The van der Waals surface area contributed by atoms with Crippen LogP contribution in [0.25, 0.3) is 0 Å². The number of nitrogens with two attached hydrogens (primary N) is 2. The first kappa shape index (κ1) is 16.1. The van der Waals surface area contributed by atoms with E-state index in [1.807, 2.05) is 18.2 Å². The van der Waals surface area contributed by atoms with Gasteiger partial charge < -0.3 is 15.2 Å².